The molecular formula is C32H26BLiO4. The van der Waals surface area contributed by atoms with Gasteiger partial charge in [0.2, 0.25) is 0 Å². The number of rotatable bonds is 7. The third kappa shape index (κ3) is 4.77. The summed E-state index contributed by atoms with van der Waals surface area (Å²) in [6.07, 6.45) is 0.392. The Bertz CT molecular complexity index is 1630. The van der Waals surface area contributed by atoms with Crippen LogP contribution in [0.2, 0.25) is 0 Å². The van der Waals surface area contributed by atoms with Crippen molar-refractivity contribution in [2.45, 2.75) is 12.0 Å². The summed E-state index contributed by atoms with van der Waals surface area (Å²) in [5.41, 5.74) is 1.58. The van der Waals surface area contributed by atoms with E-state index in [0.717, 1.165) is 49.0 Å². The Balaban J connectivity index is 0.00000176. The summed E-state index contributed by atoms with van der Waals surface area (Å²) < 4.78 is 0. The van der Waals surface area contributed by atoms with Crippen molar-refractivity contribution in [3.8, 4) is 0 Å². The van der Waals surface area contributed by atoms with Crippen LogP contribution in [0.5, 0.6) is 0 Å². The van der Waals surface area contributed by atoms with Crippen molar-refractivity contribution in [2.75, 3.05) is 0 Å². The molecule has 0 unspecified atom stereocenters. The fourth-order valence-corrected chi connectivity index (χ4v) is 5.45. The first kappa shape index (κ1) is 26.2. The van der Waals surface area contributed by atoms with Gasteiger partial charge in [0.15, 0.2) is 5.60 Å². The number of fused-ring (bicyclic) bond motifs is 3. The van der Waals surface area contributed by atoms with Gasteiger partial charge in [-0.1, -0.05) is 127 Å². The molecule has 0 saturated carbocycles. The molecule has 0 aliphatic heterocycles. The van der Waals surface area contributed by atoms with Crippen LogP contribution >= 0.6 is 0 Å². The fourth-order valence-electron chi connectivity index (χ4n) is 5.45. The van der Waals surface area contributed by atoms with Crippen LogP contribution in [-0.4, -0.2) is 17.4 Å². The SMILES string of the molecule is OB(O)OOC(Cc1cccc2ccccc12)(c1cccc2ccccc12)c1cccc2ccccc12.[H-].[Li+]. The molecule has 182 valence electrons. The number of benzene rings is 6. The Kier molecular flexibility index (Phi) is 7.69. The van der Waals surface area contributed by atoms with Gasteiger partial charge < -0.3 is 11.5 Å². The zero-order valence-electron chi connectivity index (χ0n) is 22.1. The van der Waals surface area contributed by atoms with Crippen molar-refractivity contribution in [1.82, 2.24) is 0 Å². The molecule has 0 radical (unpaired) electrons. The van der Waals surface area contributed by atoms with Gasteiger partial charge in [-0.05, 0) is 49.0 Å². The minimum absolute atomic E-state index is 0. The van der Waals surface area contributed by atoms with Crippen LogP contribution in [0.4, 0.5) is 0 Å². The van der Waals surface area contributed by atoms with Crippen LogP contribution in [0.1, 0.15) is 18.1 Å². The first-order chi connectivity index (χ1) is 18.2. The fraction of sp³-hybridized carbons (Fsp3) is 0.0625. The number of hydrogen-bond acceptors (Lipinski definition) is 4. The van der Waals surface area contributed by atoms with Crippen molar-refractivity contribution in [2.24, 2.45) is 0 Å². The van der Waals surface area contributed by atoms with E-state index in [4.69, 9.17) is 9.69 Å². The van der Waals surface area contributed by atoms with Crippen LogP contribution in [0.15, 0.2) is 127 Å². The third-order valence-electron chi connectivity index (χ3n) is 7.05. The van der Waals surface area contributed by atoms with E-state index in [1.807, 2.05) is 66.7 Å². The Hall–Kier alpha value is -3.40. The summed E-state index contributed by atoms with van der Waals surface area (Å²) in [6, 6.07) is 42.9. The molecule has 0 aromatic heterocycles. The zero-order chi connectivity index (χ0) is 25.2. The summed E-state index contributed by atoms with van der Waals surface area (Å²) in [4.78, 5) is 11.4. The van der Waals surface area contributed by atoms with Crippen LogP contribution in [0.25, 0.3) is 32.3 Å². The van der Waals surface area contributed by atoms with E-state index in [9.17, 15) is 10.0 Å². The van der Waals surface area contributed by atoms with Gasteiger partial charge in [0.05, 0.1) is 0 Å². The Morgan fingerprint density at radius 1 is 0.553 bits per heavy atom. The monoisotopic (exact) mass is 492 g/mol. The van der Waals surface area contributed by atoms with E-state index in [2.05, 4.69) is 60.7 Å². The Morgan fingerprint density at radius 3 is 1.50 bits per heavy atom. The maximum atomic E-state index is 9.78. The standard InChI is InChI=1S/C32H25BO4.Li.H/c34-33(35)37-36-32(30-20-8-14-24-11-2-5-18-28(24)30,31-21-9-15-25-12-3-6-19-29(25)31)22-26-16-7-13-23-10-1-4-17-27(23)26;;/h1-21,34-35H,22H2;;/q;+1;-1. The zero-order valence-corrected chi connectivity index (χ0v) is 21.1. The van der Waals surface area contributed by atoms with Gasteiger partial charge in [-0.2, -0.15) is 0 Å². The van der Waals surface area contributed by atoms with Gasteiger partial charge in [-0.15, -0.1) is 0 Å². The summed E-state index contributed by atoms with van der Waals surface area (Å²) in [6.45, 7) is 0. The molecule has 0 spiro atoms. The summed E-state index contributed by atoms with van der Waals surface area (Å²) in [7, 11) is -2.10. The summed E-state index contributed by atoms with van der Waals surface area (Å²) >= 11 is 0. The molecule has 6 heteroatoms. The van der Waals surface area contributed by atoms with Crippen molar-refractivity contribution < 1.29 is 40.0 Å². The summed E-state index contributed by atoms with van der Waals surface area (Å²) in [5, 5.41) is 25.9. The maximum Gasteiger partial charge on any atom is 1.00 e. The second kappa shape index (κ2) is 11.1. The number of hydrogen-bond donors (Lipinski definition) is 2. The van der Waals surface area contributed by atoms with E-state index in [-0.39, 0.29) is 20.3 Å². The molecule has 6 rings (SSSR count). The van der Waals surface area contributed by atoms with Crippen molar-refractivity contribution in [1.29, 1.82) is 0 Å². The smallest absolute Gasteiger partial charge is 1.00 e. The predicted octanol–water partition coefficient (Wildman–Crippen LogP) is 3.67. The predicted molar refractivity (Wildman–Crippen MR) is 150 cm³/mol. The minimum atomic E-state index is -2.10. The quantitative estimate of drug-likeness (QED) is 0.203. The molecule has 0 heterocycles. The van der Waals surface area contributed by atoms with Crippen LogP contribution in [-0.2, 0) is 21.7 Å². The first-order valence-electron chi connectivity index (χ1n) is 12.3. The average molecular weight is 492 g/mol. The summed E-state index contributed by atoms with van der Waals surface area (Å²) in [5.74, 6) is 0. The molecule has 0 bridgehead atoms. The van der Waals surface area contributed by atoms with Gasteiger partial charge in [-0.25, -0.2) is 9.69 Å². The van der Waals surface area contributed by atoms with Crippen molar-refractivity contribution in [3.05, 3.63) is 144 Å². The molecule has 2 N–H and O–H groups in total. The van der Waals surface area contributed by atoms with E-state index in [1.54, 1.807) is 0 Å². The van der Waals surface area contributed by atoms with Crippen molar-refractivity contribution in [3.63, 3.8) is 0 Å². The molecule has 0 amide bonds. The van der Waals surface area contributed by atoms with Gasteiger partial charge in [-0.3, -0.25) is 0 Å². The average Bonchev–Trinajstić information content (AvgIpc) is 2.95. The molecule has 0 fully saturated rings. The molecule has 6 aromatic rings. The van der Waals surface area contributed by atoms with Crippen molar-refractivity contribution >= 4 is 39.6 Å². The van der Waals surface area contributed by atoms with Crippen LogP contribution < -0.4 is 18.9 Å². The molecule has 0 aliphatic carbocycles. The largest absolute Gasteiger partial charge is 1.00 e. The second-order valence-corrected chi connectivity index (χ2v) is 9.20. The van der Waals surface area contributed by atoms with E-state index < -0.39 is 12.9 Å². The molecule has 38 heavy (non-hydrogen) atoms. The second-order valence-electron chi connectivity index (χ2n) is 9.20. The molecule has 0 saturated heterocycles. The van der Waals surface area contributed by atoms with Gasteiger partial charge in [0.25, 0.3) is 0 Å². The molecular weight excluding hydrogens is 466 g/mol. The minimum Gasteiger partial charge on any atom is -1.00 e. The van der Waals surface area contributed by atoms with E-state index in [1.165, 1.54) is 0 Å². The molecule has 0 atom stereocenters. The Morgan fingerprint density at radius 2 is 0.974 bits per heavy atom. The topological polar surface area (TPSA) is 58.9 Å². The normalized spacial score (nSPS) is 11.5. The van der Waals surface area contributed by atoms with E-state index >= 15 is 0 Å². The molecule has 6 aromatic carbocycles. The van der Waals surface area contributed by atoms with Crippen LogP contribution in [0, 0.1) is 0 Å². The third-order valence-corrected chi connectivity index (χ3v) is 7.05. The van der Waals surface area contributed by atoms with Gasteiger partial charge in [0.1, 0.15) is 0 Å². The van der Waals surface area contributed by atoms with Gasteiger partial charge >= 0.3 is 26.2 Å². The first-order valence-corrected chi connectivity index (χ1v) is 12.3. The van der Waals surface area contributed by atoms with Crippen LogP contribution in [0.3, 0.4) is 0 Å². The maximum absolute atomic E-state index is 9.78. The Labute approximate surface area is 235 Å². The molecule has 4 nitrogen and oxygen atoms in total. The molecule has 0 aliphatic rings. The van der Waals surface area contributed by atoms with Gasteiger partial charge in [0, 0.05) is 6.42 Å². The van der Waals surface area contributed by atoms with E-state index in [0.29, 0.717) is 6.42 Å².